The highest BCUT2D eigenvalue weighted by atomic mass is 16.5. The van der Waals surface area contributed by atoms with E-state index in [0.717, 1.165) is 11.3 Å². The third kappa shape index (κ3) is 4.82. The Morgan fingerprint density at radius 2 is 1.74 bits per heavy atom. The summed E-state index contributed by atoms with van der Waals surface area (Å²) in [5, 5.41) is 2.82. The molecule has 1 heterocycles. The van der Waals surface area contributed by atoms with Gasteiger partial charge in [0.05, 0.1) is 14.2 Å². The molecule has 6 nitrogen and oxygen atoms in total. The van der Waals surface area contributed by atoms with E-state index in [-0.39, 0.29) is 18.3 Å². The highest BCUT2D eigenvalue weighted by molar-refractivity contribution is 5.91. The summed E-state index contributed by atoms with van der Waals surface area (Å²) in [6.07, 6.45) is 0. The topological polar surface area (TPSA) is 69.9 Å². The molecule has 0 bridgehead atoms. The lowest BCUT2D eigenvalue weighted by Gasteiger charge is -2.10. The molecule has 0 atom stereocenters. The molecule has 0 radical (unpaired) electrons. The van der Waals surface area contributed by atoms with Crippen molar-refractivity contribution in [3.05, 3.63) is 77.7 Å². The van der Waals surface area contributed by atoms with Gasteiger partial charge in [-0.2, -0.15) is 0 Å². The molecule has 3 aromatic rings. The van der Waals surface area contributed by atoms with Crippen LogP contribution in [0.4, 0.5) is 0 Å². The Kier molecular flexibility index (Phi) is 5.99. The number of hydrogen-bond donors (Lipinski definition) is 1. The maximum atomic E-state index is 12.3. The lowest BCUT2D eigenvalue weighted by molar-refractivity contribution is 0.0919. The zero-order chi connectivity index (χ0) is 19.1. The van der Waals surface area contributed by atoms with Gasteiger partial charge in [-0.15, -0.1) is 0 Å². The number of benzene rings is 2. The summed E-state index contributed by atoms with van der Waals surface area (Å²) in [7, 11) is 3.15. The first-order valence-corrected chi connectivity index (χ1v) is 8.45. The minimum atomic E-state index is -0.296. The minimum Gasteiger partial charge on any atom is -0.493 e. The molecule has 0 saturated heterocycles. The van der Waals surface area contributed by atoms with Crippen molar-refractivity contribution in [2.75, 3.05) is 14.2 Å². The highest BCUT2D eigenvalue weighted by Crippen LogP contribution is 2.27. The lowest BCUT2D eigenvalue weighted by Crippen LogP contribution is -2.22. The summed E-state index contributed by atoms with van der Waals surface area (Å²) in [4.78, 5) is 12.3. The van der Waals surface area contributed by atoms with Crippen LogP contribution in [0.25, 0.3) is 0 Å². The number of rotatable bonds is 8. The third-order valence-corrected chi connectivity index (χ3v) is 3.91. The molecule has 2 aromatic carbocycles. The Bertz CT molecular complexity index is 889. The summed E-state index contributed by atoms with van der Waals surface area (Å²) in [5.41, 5.74) is 0.889. The summed E-state index contributed by atoms with van der Waals surface area (Å²) in [6, 6.07) is 18.3. The second-order valence-electron chi connectivity index (χ2n) is 5.74. The number of para-hydroxylation sites is 1. The van der Waals surface area contributed by atoms with Crippen LogP contribution in [0.3, 0.4) is 0 Å². The number of hydrogen-bond acceptors (Lipinski definition) is 5. The Labute approximate surface area is 157 Å². The Morgan fingerprint density at radius 3 is 2.48 bits per heavy atom. The van der Waals surface area contributed by atoms with E-state index in [9.17, 15) is 4.79 Å². The van der Waals surface area contributed by atoms with Crippen molar-refractivity contribution < 1.29 is 23.4 Å². The normalized spacial score (nSPS) is 10.3. The molecule has 140 valence electrons. The molecule has 1 aromatic heterocycles. The monoisotopic (exact) mass is 367 g/mol. The maximum absolute atomic E-state index is 12.3. The largest absolute Gasteiger partial charge is 0.493 e. The fourth-order valence-electron chi connectivity index (χ4n) is 2.51. The van der Waals surface area contributed by atoms with Crippen LogP contribution in [0.15, 0.2) is 65.1 Å². The van der Waals surface area contributed by atoms with Gasteiger partial charge in [-0.1, -0.05) is 24.3 Å². The van der Waals surface area contributed by atoms with Crippen LogP contribution < -0.4 is 19.5 Å². The van der Waals surface area contributed by atoms with Crippen molar-refractivity contribution in [2.24, 2.45) is 0 Å². The predicted molar refractivity (Wildman–Crippen MR) is 100 cm³/mol. The van der Waals surface area contributed by atoms with E-state index >= 15 is 0 Å². The van der Waals surface area contributed by atoms with Crippen molar-refractivity contribution in [1.82, 2.24) is 5.32 Å². The van der Waals surface area contributed by atoms with Gasteiger partial charge < -0.3 is 23.9 Å². The molecule has 0 unspecified atom stereocenters. The van der Waals surface area contributed by atoms with Gasteiger partial charge in [-0.25, -0.2) is 0 Å². The molecule has 0 aliphatic carbocycles. The first-order chi connectivity index (χ1) is 13.2. The molecular weight excluding hydrogens is 346 g/mol. The van der Waals surface area contributed by atoms with E-state index in [1.165, 1.54) is 0 Å². The average molecular weight is 367 g/mol. The van der Waals surface area contributed by atoms with E-state index in [1.807, 2.05) is 42.5 Å². The number of amides is 1. The van der Waals surface area contributed by atoms with Gasteiger partial charge in [-0.05, 0) is 42.0 Å². The predicted octanol–water partition coefficient (Wildman–Crippen LogP) is 3.81. The van der Waals surface area contributed by atoms with E-state index in [4.69, 9.17) is 18.6 Å². The number of nitrogens with one attached hydrogen (secondary N) is 1. The standard InChI is InChI=1S/C21H21NO5/c1-24-18-10-8-15(12-20(18)25-2)13-22-21(23)19-11-9-17(27-19)14-26-16-6-4-3-5-7-16/h3-12H,13-14H2,1-2H3,(H,22,23). The SMILES string of the molecule is COc1ccc(CNC(=O)c2ccc(COc3ccccc3)o2)cc1OC. The second-order valence-corrected chi connectivity index (χ2v) is 5.74. The molecule has 0 aliphatic heterocycles. The average Bonchev–Trinajstić information content (AvgIpc) is 3.20. The quantitative estimate of drug-likeness (QED) is 0.656. The van der Waals surface area contributed by atoms with Gasteiger partial charge in [0.2, 0.25) is 0 Å². The van der Waals surface area contributed by atoms with Gasteiger partial charge in [0.15, 0.2) is 17.3 Å². The first kappa shape index (κ1) is 18.4. The molecule has 27 heavy (non-hydrogen) atoms. The van der Waals surface area contributed by atoms with Gasteiger partial charge in [0, 0.05) is 6.54 Å². The molecule has 3 rings (SSSR count). The van der Waals surface area contributed by atoms with Crippen LogP contribution in [-0.4, -0.2) is 20.1 Å². The second kappa shape index (κ2) is 8.80. The zero-order valence-electron chi connectivity index (χ0n) is 15.2. The molecule has 0 fully saturated rings. The van der Waals surface area contributed by atoms with Crippen molar-refractivity contribution in [1.29, 1.82) is 0 Å². The summed E-state index contributed by atoms with van der Waals surface area (Å²) < 4.78 is 21.6. The smallest absolute Gasteiger partial charge is 0.287 e. The fourth-order valence-corrected chi connectivity index (χ4v) is 2.51. The summed E-state index contributed by atoms with van der Waals surface area (Å²) in [5.74, 6) is 2.52. The van der Waals surface area contributed by atoms with Crippen molar-refractivity contribution >= 4 is 5.91 Å². The van der Waals surface area contributed by atoms with Crippen molar-refractivity contribution in [3.63, 3.8) is 0 Å². The minimum absolute atomic E-state index is 0.238. The Balaban J connectivity index is 1.55. The number of furan rings is 1. The van der Waals surface area contributed by atoms with E-state index < -0.39 is 0 Å². The van der Waals surface area contributed by atoms with Crippen LogP contribution in [-0.2, 0) is 13.2 Å². The molecule has 0 spiro atoms. The van der Waals surface area contributed by atoms with Gasteiger partial charge >= 0.3 is 0 Å². The molecule has 6 heteroatoms. The molecule has 0 saturated carbocycles. The maximum Gasteiger partial charge on any atom is 0.287 e. The van der Waals surface area contributed by atoms with E-state index in [2.05, 4.69) is 5.32 Å². The van der Waals surface area contributed by atoms with Gasteiger partial charge in [-0.3, -0.25) is 4.79 Å². The Morgan fingerprint density at radius 1 is 0.963 bits per heavy atom. The van der Waals surface area contributed by atoms with E-state index in [1.54, 1.807) is 32.4 Å². The fraction of sp³-hybridized carbons (Fsp3) is 0.190. The van der Waals surface area contributed by atoms with Gasteiger partial charge in [0.1, 0.15) is 18.1 Å². The first-order valence-electron chi connectivity index (χ1n) is 8.45. The van der Waals surface area contributed by atoms with Crippen LogP contribution >= 0.6 is 0 Å². The van der Waals surface area contributed by atoms with Crippen molar-refractivity contribution in [3.8, 4) is 17.2 Å². The van der Waals surface area contributed by atoms with Crippen molar-refractivity contribution in [2.45, 2.75) is 13.2 Å². The Hall–Kier alpha value is -3.41. The van der Waals surface area contributed by atoms with Crippen LogP contribution in [0.5, 0.6) is 17.2 Å². The lowest BCUT2D eigenvalue weighted by atomic mass is 10.2. The zero-order valence-corrected chi connectivity index (χ0v) is 15.2. The molecule has 0 aliphatic rings. The number of carbonyl (C=O) groups is 1. The molecular formula is C21H21NO5. The number of ether oxygens (including phenoxy) is 3. The van der Waals surface area contributed by atoms with Crippen LogP contribution in [0.1, 0.15) is 21.9 Å². The molecule has 1 N–H and O–H groups in total. The third-order valence-electron chi connectivity index (χ3n) is 3.91. The van der Waals surface area contributed by atoms with Gasteiger partial charge in [0.25, 0.3) is 5.91 Å². The van der Waals surface area contributed by atoms with Crippen LogP contribution in [0.2, 0.25) is 0 Å². The number of carbonyl (C=O) groups excluding carboxylic acids is 1. The summed E-state index contributed by atoms with van der Waals surface area (Å²) in [6.45, 7) is 0.600. The highest BCUT2D eigenvalue weighted by Gasteiger charge is 2.12. The number of methoxy groups -OCH3 is 2. The summed E-state index contributed by atoms with van der Waals surface area (Å²) >= 11 is 0. The molecule has 1 amide bonds. The van der Waals surface area contributed by atoms with Crippen LogP contribution in [0, 0.1) is 0 Å². The van der Waals surface area contributed by atoms with E-state index in [0.29, 0.717) is 23.8 Å².